The van der Waals surface area contributed by atoms with Crippen molar-refractivity contribution in [3.63, 3.8) is 0 Å². The van der Waals surface area contributed by atoms with Gasteiger partial charge in [-0.25, -0.2) is 4.79 Å². The molecule has 2 atom stereocenters. The van der Waals surface area contributed by atoms with Crippen molar-refractivity contribution in [1.29, 1.82) is 0 Å². The number of nitrogens with two attached hydrogens (primary N) is 2. The lowest BCUT2D eigenvalue weighted by molar-refractivity contribution is -0.148. The Labute approximate surface area is 277 Å². The van der Waals surface area contributed by atoms with Gasteiger partial charge in [0.15, 0.2) is 0 Å². The molecule has 0 radical (unpaired) electrons. The summed E-state index contributed by atoms with van der Waals surface area (Å²) in [6.07, 6.45) is 1.00. The van der Waals surface area contributed by atoms with Crippen molar-refractivity contribution in [3.8, 4) is 0 Å². The van der Waals surface area contributed by atoms with E-state index in [0.29, 0.717) is 12.2 Å². The number of hydrogen-bond acceptors (Lipinski definition) is 9. The van der Waals surface area contributed by atoms with E-state index in [2.05, 4.69) is 27.0 Å². The minimum absolute atomic E-state index is 0.0211. The summed E-state index contributed by atoms with van der Waals surface area (Å²) in [5, 5.41) is 10.2. The second-order valence-corrected chi connectivity index (χ2v) is 11.7. The van der Waals surface area contributed by atoms with Crippen LogP contribution in [0.2, 0.25) is 0 Å². The van der Waals surface area contributed by atoms with Gasteiger partial charge >= 0.3 is 12.0 Å². The Morgan fingerprint density at radius 1 is 0.936 bits per heavy atom. The van der Waals surface area contributed by atoms with Gasteiger partial charge < -0.3 is 37.5 Å². The van der Waals surface area contributed by atoms with Gasteiger partial charge in [0.05, 0.1) is 12.5 Å². The maximum absolute atomic E-state index is 12.7. The standard InChI is InChI=1S/C27H38N4O7.C4H10N2O.CH5N/c1-15(2)20-11-23(34)31(26(20)36)13-22(33)30-24(16(3)4)25(35)28-12-21(32)29-19-9-7-18(8-10-19)14-38-27(37)17(5)6;1-2-3-6-4(5)7;1-2/h7-10,15-17,20,24H,11-14H2,1-6H3,(H,28,35)(H,29,32)(H,30,33);2-3H2,1H3,(H3,5,6,7);2H2,1H3. The third-order valence-electron chi connectivity index (χ3n) is 6.71. The highest BCUT2D eigenvalue weighted by atomic mass is 16.5. The van der Waals surface area contributed by atoms with E-state index in [4.69, 9.17) is 10.5 Å². The van der Waals surface area contributed by atoms with Crippen LogP contribution in [0.15, 0.2) is 24.3 Å². The summed E-state index contributed by atoms with van der Waals surface area (Å²) < 4.78 is 5.17. The second kappa shape index (κ2) is 22.1. The molecular weight excluding hydrogens is 610 g/mol. The zero-order valence-corrected chi connectivity index (χ0v) is 28.8. The molecule has 264 valence electrons. The molecule has 15 heteroatoms. The summed E-state index contributed by atoms with van der Waals surface area (Å²) in [4.78, 5) is 84.6. The van der Waals surface area contributed by atoms with Gasteiger partial charge in [-0.1, -0.05) is 60.6 Å². The van der Waals surface area contributed by atoms with Crippen molar-refractivity contribution in [2.24, 2.45) is 35.1 Å². The Kier molecular flexibility index (Phi) is 19.9. The quantitative estimate of drug-likeness (QED) is 0.124. The first kappa shape index (κ1) is 42.5. The van der Waals surface area contributed by atoms with Crippen LogP contribution >= 0.6 is 0 Å². The van der Waals surface area contributed by atoms with E-state index in [9.17, 15) is 33.6 Å². The summed E-state index contributed by atoms with van der Waals surface area (Å²) >= 11 is 0. The van der Waals surface area contributed by atoms with Crippen molar-refractivity contribution in [1.82, 2.24) is 20.9 Å². The van der Waals surface area contributed by atoms with E-state index in [0.717, 1.165) is 16.9 Å². The van der Waals surface area contributed by atoms with E-state index in [-0.39, 0.29) is 49.2 Å². The zero-order valence-electron chi connectivity index (χ0n) is 28.8. The Morgan fingerprint density at radius 2 is 1.53 bits per heavy atom. The number of carbonyl (C=O) groups excluding carboxylic acids is 7. The van der Waals surface area contributed by atoms with Crippen molar-refractivity contribution < 1.29 is 38.3 Å². The topological polar surface area (TPSA) is 232 Å². The number of nitrogens with zero attached hydrogens (tertiary/aromatic N) is 1. The molecule has 0 bridgehead atoms. The van der Waals surface area contributed by atoms with Gasteiger partial charge in [0.1, 0.15) is 19.2 Å². The number of hydrogen-bond donors (Lipinski definition) is 6. The lowest BCUT2D eigenvalue weighted by atomic mass is 9.94. The number of urea groups is 1. The summed E-state index contributed by atoms with van der Waals surface area (Å²) in [5.74, 6) is -3.76. The predicted octanol–water partition coefficient (Wildman–Crippen LogP) is 1.25. The molecule has 0 saturated carbocycles. The summed E-state index contributed by atoms with van der Waals surface area (Å²) in [6.45, 7) is 12.6. The SMILES string of the molecule is CC(C)C(=O)OCc1ccc(NC(=O)CNC(=O)C(NC(=O)CN2C(=O)CC(C(C)C)C2=O)C(C)C)cc1.CCCNC(N)=O.CN. The average molecular weight is 664 g/mol. The van der Waals surface area contributed by atoms with Gasteiger partial charge in [-0.2, -0.15) is 0 Å². The Bertz CT molecular complexity index is 1200. The Hall–Kier alpha value is -4.53. The molecule has 1 heterocycles. The van der Waals surface area contributed by atoms with E-state index in [1.165, 1.54) is 7.05 Å². The summed E-state index contributed by atoms with van der Waals surface area (Å²) in [7, 11) is 1.50. The number of esters is 1. The van der Waals surface area contributed by atoms with E-state index >= 15 is 0 Å². The molecule has 2 unspecified atom stereocenters. The summed E-state index contributed by atoms with van der Waals surface area (Å²) in [6, 6.07) is 5.33. The molecule has 1 aliphatic heterocycles. The predicted molar refractivity (Wildman–Crippen MR) is 177 cm³/mol. The molecule has 2 rings (SSSR count). The monoisotopic (exact) mass is 663 g/mol. The highest BCUT2D eigenvalue weighted by Crippen LogP contribution is 2.26. The minimum atomic E-state index is -0.961. The van der Waals surface area contributed by atoms with Gasteiger partial charge in [0, 0.05) is 24.6 Å². The van der Waals surface area contributed by atoms with Crippen LogP contribution in [-0.4, -0.2) is 79.2 Å². The highest BCUT2D eigenvalue weighted by Gasteiger charge is 2.41. The van der Waals surface area contributed by atoms with Crippen LogP contribution < -0.4 is 32.7 Å². The molecule has 0 spiro atoms. The molecule has 7 amide bonds. The smallest absolute Gasteiger partial charge is 0.312 e. The van der Waals surface area contributed by atoms with Crippen LogP contribution in [0.1, 0.15) is 66.9 Å². The van der Waals surface area contributed by atoms with Gasteiger partial charge in [0.2, 0.25) is 29.5 Å². The number of rotatable bonds is 14. The van der Waals surface area contributed by atoms with E-state index < -0.39 is 48.2 Å². The number of likely N-dealkylation sites (tertiary alicyclic amines) is 1. The first-order valence-corrected chi connectivity index (χ1v) is 15.6. The molecular formula is C32H53N7O8. The van der Waals surface area contributed by atoms with Gasteiger partial charge in [-0.15, -0.1) is 0 Å². The minimum Gasteiger partial charge on any atom is -0.461 e. The van der Waals surface area contributed by atoms with Crippen LogP contribution in [0.4, 0.5) is 10.5 Å². The Morgan fingerprint density at radius 3 is 1.98 bits per heavy atom. The first-order valence-electron chi connectivity index (χ1n) is 15.6. The number of anilines is 1. The molecule has 1 aromatic rings. The van der Waals surface area contributed by atoms with Crippen molar-refractivity contribution >= 4 is 47.2 Å². The first-order chi connectivity index (χ1) is 22.1. The van der Waals surface area contributed by atoms with Crippen LogP contribution in [0, 0.1) is 23.7 Å². The highest BCUT2D eigenvalue weighted by molar-refractivity contribution is 6.06. The third-order valence-corrected chi connectivity index (χ3v) is 6.71. The fourth-order valence-electron chi connectivity index (χ4n) is 4.03. The van der Waals surface area contributed by atoms with Gasteiger partial charge in [-0.05, 0) is 43.0 Å². The van der Waals surface area contributed by atoms with Crippen molar-refractivity contribution in [3.05, 3.63) is 29.8 Å². The lowest BCUT2D eigenvalue weighted by Gasteiger charge is -2.23. The fraction of sp³-hybridized carbons (Fsp3) is 0.594. The van der Waals surface area contributed by atoms with Crippen molar-refractivity contribution in [2.75, 3.05) is 32.0 Å². The molecule has 47 heavy (non-hydrogen) atoms. The third kappa shape index (κ3) is 16.0. The number of nitrogens with one attached hydrogen (secondary N) is 4. The number of carbonyl (C=O) groups is 7. The molecule has 1 aliphatic rings. The fourth-order valence-corrected chi connectivity index (χ4v) is 4.03. The number of amides is 7. The Balaban J connectivity index is 0.00000207. The molecule has 15 nitrogen and oxygen atoms in total. The van der Waals surface area contributed by atoms with E-state index in [1.54, 1.807) is 52.0 Å². The van der Waals surface area contributed by atoms with Crippen LogP contribution in [0.3, 0.4) is 0 Å². The van der Waals surface area contributed by atoms with Crippen molar-refractivity contribution in [2.45, 2.75) is 74.0 Å². The molecule has 1 fully saturated rings. The van der Waals surface area contributed by atoms with E-state index in [1.807, 2.05) is 20.8 Å². The molecule has 1 aromatic carbocycles. The lowest BCUT2D eigenvalue weighted by Crippen LogP contribution is -2.53. The normalized spacial score (nSPS) is 14.4. The number of benzene rings is 1. The molecule has 0 aromatic heterocycles. The van der Waals surface area contributed by atoms with Gasteiger partial charge in [-0.3, -0.25) is 33.7 Å². The van der Waals surface area contributed by atoms with Crippen LogP contribution in [-0.2, 0) is 40.1 Å². The molecule has 8 N–H and O–H groups in total. The van der Waals surface area contributed by atoms with Crippen LogP contribution in [0.5, 0.6) is 0 Å². The van der Waals surface area contributed by atoms with Gasteiger partial charge in [0.25, 0.3) is 0 Å². The molecule has 1 saturated heterocycles. The number of primary amides is 1. The molecule has 0 aliphatic carbocycles. The maximum atomic E-state index is 12.7. The number of imide groups is 1. The summed E-state index contributed by atoms with van der Waals surface area (Å²) in [5.41, 5.74) is 10.5. The largest absolute Gasteiger partial charge is 0.461 e. The average Bonchev–Trinajstić information content (AvgIpc) is 3.30. The second-order valence-electron chi connectivity index (χ2n) is 11.7. The zero-order chi connectivity index (χ0) is 36.3. The maximum Gasteiger partial charge on any atom is 0.312 e. The van der Waals surface area contributed by atoms with Crippen LogP contribution in [0.25, 0.3) is 0 Å². The number of ether oxygens (including phenoxy) is 1.